The molecule has 0 saturated heterocycles. The van der Waals surface area contributed by atoms with Crippen LogP contribution in [0.1, 0.15) is 5.56 Å². The molecule has 2 heterocycles. The lowest BCUT2D eigenvalue weighted by atomic mass is 10.1. The highest BCUT2D eigenvalue weighted by molar-refractivity contribution is 7.99. The summed E-state index contributed by atoms with van der Waals surface area (Å²) in [5.41, 5.74) is 1.93. The number of aromatic nitrogens is 2. The van der Waals surface area contributed by atoms with E-state index in [1.165, 1.54) is 23.2 Å². The molecule has 0 atom stereocenters. The molecule has 7 heteroatoms. The molecule has 2 aromatic heterocycles. The molecular formula is C24H18N2O4S. The Morgan fingerprint density at radius 2 is 1.81 bits per heavy atom. The first kappa shape index (κ1) is 19.4. The van der Waals surface area contributed by atoms with Crippen molar-refractivity contribution >= 4 is 33.5 Å². The molecule has 0 aliphatic carbocycles. The zero-order chi connectivity index (χ0) is 21.2. The number of ether oxygens (including phenoxy) is 1. The Bertz CT molecular complexity index is 1440. The van der Waals surface area contributed by atoms with Gasteiger partial charge in [-0.2, -0.15) is 0 Å². The zero-order valence-corrected chi connectivity index (χ0v) is 17.5. The lowest BCUT2D eigenvalue weighted by Crippen LogP contribution is -2.01. The minimum Gasteiger partial charge on any atom is -0.493 e. The van der Waals surface area contributed by atoms with Crippen LogP contribution in [0.3, 0.4) is 0 Å². The van der Waals surface area contributed by atoms with Gasteiger partial charge in [-0.15, -0.1) is 10.2 Å². The predicted octanol–water partition coefficient (Wildman–Crippen LogP) is 5.48. The van der Waals surface area contributed by atoms with Crippen LogP contribution in [0, 0.1) is 6.92 Å². The van der Waals surface area contributed by atoms with E-state index in [0.717, 1.165) is 21.9 Å². The van der Waals surface area contributed by atoms with E-state index in [-0.39, 0.29) is 5.63 Å². The van der Waals surface area contributed by atoms with E-state index in [1.807, 2.05) is 49.4 Å². The molecule has 0 radical (unpaired) electrons. The maximum Gasteiger partial charge on any atom is 0.336 e. The van der Waals surface area contributed by atoms with E-state index in [4.69, 9.17) is 13.6 Å². The van der Waals surface area contributed by atoms with Crippen LogP contribution in [0.25, 0.3) is 33.2 Å². The molecule has 5 rings (SSSR count). The molecule has 0 spiro atoms. The highest BCUT2D eigenvalue weighted by Crippen LogP contribution is 2.27. The summed E-state index contributed by atoms with van der Waals surface area (Å²) in [7, 11) is 0. The van der Waals surface area contributed by atoms with Crippen molar-refractivity contribution in [2.24, 2.45) is 0 Å². The predicted molar refractivity (Wildman–Crippen MR) is 121 cm³/mol. The number of fused-ring (bicyclic) bond motifs is 2. The fraction of sp³-hybridized carbons (Fsp3) is 0.125. The minimum atomic E-state index is -0.365. The van der Waals surface area contributed by atoms with Gasteiger partial charge in [0.1, 0.15) is 11.3 Å². The second-order valence-electron chi connectivity index (χ2n) is 7.04. The molecule has 5 aromatic rings. The third kappa shape index (κ3) is 4.18. The van der Waals surface area contributed by atoms with Gasteiger partial charge in [0, 0.05) is 28.8 Å². The average molecular weight is 430 g/mol. The molecule has 0 amide bonds. The summed E-state index contributed by atoms with van der Waals surface area (Å²) >= 11 is 1.43. The molecule has 0 bridgehead atoms. The molecule has 0 N–H and O–H groups in total. The molecule has 0 fully saturated rings. The van der Waals surface area contributed by atoms with E-state index in [9.17, 15) is 4.79 Å². The standard InChI is InChI=1S/C24H18N2O4S/c1-15-12-22(27)29-21-14-19(8-9-20(15)21)28-10-11-31-24-26-25-23(30-24)18-7-6-16-4-2-3-5-17(16)13-18/h2-9,12-14H,10-11H2,1H3. The van der Waals surface area contributed by atoms with Crippen LogP contribution in [-0.2, 0) is 0 Å². The van der Waals surface area contributed by atoms with Crippen molar-refractivity contribution in [2.75, 3.05) is 12.4 Å². The van der Waals surface area contributed by atoms with Crippen LogP contribution in [0.2, 0.25) is 0 Å². The Morgan fingerprint density at radius 1 is 0.935 bits per heavy atom. The number of benzene rings is 3. The summed E-state index contributed by atoms with van der Waals surface area (Å²) in [5.74, 6) is 1.77. The van der Waals surface area contributed by atoms with Gasteiger partial charge >= 0.3 is 5.63 Å². The van der Waals surface area contributed by atoms with Gasteiger partial charge < -0.3 is 13.6 Å². The minimum absolute atomic E-state index is 0.365. The maximum absolute atomic E-state index is 11.6. The van der Waals surface area contributed by atoms with Crippen LogP contribution in [0.15, 0.2) is 85.6 Å². The van der Waals surface area contributed by atoms with E-state index < -0.39 is 0 Å². The van der Waals surface area contributed by atoms with E-state index in [2.05, 4.69) is 22.3 Å². The van der Waals surface area contributed by atoms with Crippen molar-refractivity contribution in [3.05, 3.63) is 82.7 Å². The first-order valence-corrected chi connectivity index (χ1v) is 10.8. The average Bonchev–Trinajstić information content (AvgIpc) is 3.25. The van der Waals surface area contributed by atoms with Crippen molar-refractivity contribution in [1.29, 1.82) is 0 Å². The van der Waals surface area contributed by atoms with Crippen molar-refractivity contribution < 1.29 is 13.6 Å². The van der Waals surface area contributed by atoms with E-state index in [0.29, 0.717) is 34.8 Å². The quantitative estimate of drug-likeness (QED) is 0.201. The molecule has 0 saturated carbocycles. The summed E-state index contributed by atoms with van der Waals surface area (Å²) in [4.78, 5) is 11.6. The van der Waals surface area contributed by atoms with Gasteiger partial charge in [-0.3, -0.25) is 0 Å². The van der Waals surface area contributed by atoms with Crippen LogP contribution in [0.4, 0.5) is 0 Å². The highest BCUT2D eigenvalue weighted by atomic mass is 32.2. The highest BCUT2D eigenvalue weighted by Gasteiger charge is 2.10. The number of rotatable bonds is 6. The van der Waals surface area contributed by atoms with Crippen LogP contribution >= 0.6 is 11.8 Å². The van der Waals surface area contributed by atoms with Gasteiger partial charge in [-0.25, -0.2) is 4.79 Å². The Balaban J connectivity index is 1.21. The van der Waals surface area contributed by atoms with Crippen molar-refractivity contribution in [3.8, 4) is 17.2 Å². The smallest absolute Gasteiger partial charge is 0.336 e. The Kier molecular flexibility index (Phi) is 5.18. The summed E-state index contributed by atoms with van der Waals surface area (Å²) in [6.45, 7) is 2.33. The monoisotopic (exact) mass is 430 g/mol. The second kappa shape index (κ2) is 8.28. The molecule has 0 aliphatic heterocycles. The van der Waals surface area contributed by atoms with Crippen LogP contribution in [0.5, 0.6) is 5.75 Å². The van der Waals surface area contributed by atoms with E-state index >= 15 is 0 Å². The van der Waals surface area contributed by atoms with Gasteiger partial charge in [0.05, 0.1) is 6.61 Å². The molecule has 6 nitrogen and oxygen atoms in total. The molecule has 0 aliphatic rings. The largest absolute Gasteiger partial charge is 0.493 e. The van der Waals surface area contributed by atoms with Crippen molar-refractivity contribution in [3.63, 3.8) is 0 Å². The number of hydrogen-bond donors (Lipinski definition) is 0. The van der Waals surface area contributed by atoms with Gasteiger partial charge in [0.2, 0.25) is 5.89 Å². The first-order valence-electron chi connectivity index (χ1n) is 9.78. The van der Waals surface area contributed by atoms with Crippen molar-refractivity contribution in [2.45, 2.75) is 12.1 Å². The third-order valence-corrected chi connectivity index (χ3v) is 5.69. The Morgan fingerprint density at radius 3 is 2.71 bits per heavy atom. The normalized spacial score (nSPS) is 11.3. The number of aryl methyl sites for hydroxylation is 1. The van der Waals surface area contributed by atoms with Gasteiger partial charge in [-0.1, -0.05) is 42.1 Å². The summed E-state index contributed by atoms with van der Waals surface area (Å²) < 4.78 is 16.8. The third-order valence-electron chi connectivity index (χ3n) is 4.90. The lowest BCUT2D eigenvalue weighted by molar-refractivity contribution is 0.343. The summed E-state index contributed by atoms with van der Waals surface area (Å²) in [5, 5.41) is 12.0. The van der Waals surface area contributed by atoms with Crippen LogP contribution < -0.4 is 10.4 Å². The Labute approximate surface area is 181 Å². The second-order valence-corrected chi connectivity index (χ2v) is 8.08. The molecule has 3 aromatic carbocycles. The van der Waals surface area contributed by atoms with Gasteiger partial charge in [0.15, 0.2) is 0 Å². The Hall–Kier alpha value is -3.58. The number of nitrogens with zero attached hydrogens (tertiary/aromatic N) is 2. The number of hydrogen-bond acceptors (Lipinski definition) is 7. The number of thioether (sulfide) groups is 1. The van der Waals surface area contributed by atoms with Crippen molar-refractivity contribution in [1.82, 2.24) is 10.2 Å². The SMILES string of the molecule is Cc1cc(=O)oc2cc(OCCSc3nnc(-c4ccc5ccccc5c4)o3)ccc12. The molecule has 0 unspecified atom stereocenters. The molecule has 154 valence electrons. The summed E-state index contributed by atoms with van der Waals surface area (Å²) in [6, 6.07) is 21.2. The van der Waals surface area contributed by atoms with Gasteiger partial charge in [-0.05, 0) is 47.5 Å². The fourth-order valence-electron chi connectivity index (χ4n) is 3.39. The summed E-state index contributed by atoms with van der Waals surface area (Å²) in [6.07, 6.45) is 0. The first-order chi connectivity index (χ1) is 15.2. The van der Waals surface area contributed by atoms with Crippen LogP contribution in [-0.4, -0.2) is 22.6 Å². The van der Waals surface area contributed by atoms with Gasteiger partial charge in [0.25, 0.3) is 5.22 Å². The zero-order valence-electron chi connectivity index (χ0n) is 16.7. The molecule has 31 heavy (non-hydrogen) atoms. The maximum atomic E-state index is 11.6. The topological polar surface area (TPSA) is 78.4 Å². The molecular weight excluding hydrogens is 412 g/mol. The van der Waals surface area contributed by atoms with E-state index in [1.54, 1.807) is 6.07 Å². The fourth-order valence-corrected chi connectivity index (χ4v) is 3.97. The lowest BCUT2D eigenvalue weighted by Gasteiger charge is -2.06.